The summed E-state index contributed by atoms with van der Waals surface area (Å²) in [6.07, 6.45) is 0. The molecule has 0 saturated carbocycles. The maximum atomic E-state index is 12.0. The fourth-order valence-corrected chi connectivity index (χ4v) is 2.05. The fourth-order valence-electron chi connectivity index (χ4n) is 1.83. The number of nitro benzene ring substituents is 2. The van der Waals surface area contributed by atoms with Gasteiger partial charge < -0.3 is 4.74 Å². The first-order valence-electron chi connectivity index (χ1n) is 6.20. The van der Waals surface area contributed by atoms with Crippen molar-refractivity contribution < 1.29 is 19.4 Å². The monoisotopic (exact) mass is 336 g/mol. The Morgan fingerprint density at radius 1 is 1.09 bits per heavy atom. The van der Waals surface area contributed by atoms with Crippen molar-refractivity contribution in [3.63, 3.8) is 0 Å². The standard InChI is InChI=1S/C14H9ClN2O6/c1-8-6-9(2-4-12(8)17(21)22)14(18)23-13-5-3-10(16(19)20)7-11(13)15/h2-7H,1H3. The number of ether oxygens (including phenoxy) is 1. The highest BCUT2D eigenvalue weighted by molar-refractivity contribution is 6.32. The van der Waals surface area contributed by atoms with E-state index in [0.29, 0.717) is 5.56 Å². The number of esters is 1. The van der Waals surface area contributed by atoms with E-state index in [1.165, 1.54) is 31.2 Å². The quantitative estimate of drug-likeness (QED) is 0.364. The molecule has 0 N–H and O–H groups in total. The lowest BCUT2D eigenvalue weighted by Crippen LogP contribution is -2.09. The SMILES string of the molecule is Cc1cc(C(=O)Oc2ccc([N+](=O)[O-])cc2Cl)ccc1[N+](=O)[O-]. The molecule has 0 saturated heterocycles. The van der Waals surface area contributed by atoms with Gasteiger partial charge in [-0.3, -0.25) is 20.2 Å². The first-order chi connectivity index (χ1) is 10.8. The van der Waals surface area contributed by atoms with Crippen LogP contribution in [0.4, 0.5) is 11.4 Å². The second-order valence-electron chi connectivity index (χ2n) is 4.52. The highest BCUT2D eigenvalue weighted by atomic mass is 35.5. The molecule has 2 aromatic rings. The summed E-state index contributed by atoms with van der Waals surface area (Å²) >= 11 is 5.83. The van der Waals surface area contributed by atoms with Crippen LogP contribution in [0, 0.1) is 27.2 Å². The highest BCUT2D eigenvalue weighted by Crippen LogP contribution is 2.29. The summed E-state index contributed by atoms with van der Waals surface area (Å²) in [7, 11) is 0. The molecule has 2 rings (SSSR count). The van der Waals surface area contributed by atoms with E-state index in [2.05, 4.69) is 0 Å². The lowest BCUT2D eigenvalue weighted by atomic mass is 10.1. The van der Waals surface area contributed by atoms with Crippen LogP contribution in [-0.4, -0.2) is 15.8 Å². The topological polar surface area (TPSA) is 113 Å². The predicted octanol–water partition coefficient (Wildman–Crippen LogP) is 3.68. The average molecular weight is 337 g/mol. The molecule has 0 fully saturated rings. The maximum Gasteiger partial charge on any atom is 0.343 e. The summed E-state index contributed by atoms with van der Waals surface area (Å²) in [5.74, 6) is -0.822. The van der Waals surface area contributed by atoms with Crippen LogP contribution in [0.15, 0.2) is 36.4 Å². The molecule has 0 aromatic heterocycles. The molecule has 0 unspecified atom stereocenters. The van der Waals surface area contributed by atoms with Crippen molar-refractivity contribution in [1.29, 1.82) is 0 Å². The van der Waals surface area contributed by atoms with Gasteiger partial charge in [-0.25, -0.2) is 4.79 Å². The van der Waals surface area contributed by atoms with Crippen LogP contribution in [0.5, 0.6) is 5.75 Å². The van der Waals surface area contributed by atoms with E-state index >= 15 is 0 Å². The number of rotatable bonds is 4. The maximum absolute atomic E-state index is 12.0. The molecule has 0 heterocycles. The Balaban J connectivity index is 2.24. The molecule has 118 valence electrons. The Morgan fingerprint density at radius 3 is 2.30 bits per heavy atom. The van der Waals surface area contributed by atoms with Crippen LogP contribution in [0.2, 0.25) is 5.02 Å². The molecular formula is C14H9ClN2O6. The number of non-ortho nitro benzene ring substituents is 1. The molecule has 2 aromatic carbocycles. The number of nitro groups is 2. The minimum absolute atomic E-state index is 0.0433. The minimum atomic E-state index is -0.779. The number of carbonyl (C=O) groups excluding carboxylic acids is 1. The summed E-state index contributed by atoms with van der Waals surface area (Å²) in [5, 5.41) is 21.3. The smallest absolute Gasteiger partial charge is 0.343 e. The van der Waals surface area contributed by atoms with Crippen molar-refractivity contribution >= 4 is 28.9 Å². The van der Waals surface area contributed by atoms with Gasteiger partial charge in [-0.15, -0.1) is 0 Å². The van der Waals surface area contributed by atoms with Gasteiger partial charge in [0.15, 0.2) is 0 Å². The Hall–Kier alpha value is -3.00. The average Bonchev–Trinajstić information content (AvgIpc) is 2.48. The highest BCUT2D eigenvalue weighted by Gasteiger charge is 2.17. The second-order valence-corrected chi connectivity index (χ2v) is 4.93. The zero-order valence-corrected chi connectivity index (χ0v) is 12.4. The molecule has 0 amide bonds. The largest absolute Gasteiger partial charge is 0.421 e. The number of benzene rings is 2. The van der Waals surface area contributed by atoms with Crippen LogP contribution in [0.3, 0.4) is 0 Å². The van der Waals surface area contributed by atoms with Crippen molar-refractivity contribution in [2.45, 2.75) is 6.92 Å². The predicted molar refractivity (Wildman–Crippen MR) is 80.9 cm³/mol. The number of nitrogens with zero attached hydrogens (tertiary/aromatic N) is 2. The Kier molecular flexibility index (Phi) is 4.56. The van der Waals surface area contributed by atoms with Crippen LogP contribution in [-0.2, 0) is 0 Å². The van der Waals surface area contributed by atoms with Crippen LogP contribution in [0.1, 0.15) is 15.9 Å². The van der Waals surface area contributed by atoms with Gasteiger partial charge in [0.1, 0.15) is 5.75 Å². The number of hydrogen-bond donors (Lipinski definition) is 0. The van der Waals surface area contributed by atoms with Gasteiger partial charge >= 0.3 is 5.97 Å². The molecule has 23 heavy (non-hydrogen) atoms. The number of carbonyl (C=O) groups is 1. The molecule has 0 aliphatic carbocycles. The lowest BCUT2D eigenvalue weighted by Gasteiger charge is -2.07. The van der Waals surface area contributed by atoms with E-state index in [9.17, 15) is 25.0 Å². The number of hydrogen-bond acceptors (Lipinski definition) is 6. The molecule has 0 spiro atoms. The molecule has 9 heteroatoms. The summed E-state index contributed by atoms with van der Waals surface area (Å²) in [6.45, 7) is 1.49. The van der Waals surface area contributed by atoms with Gasteiger partial charge in [-0.1, -0.05) is 11.6 Å². The van der Waals surface area contributed by atoms with Gasteiger partial charge in [0.05, 0.1) is 20.4 Å². The van der Waals surface area contributed by atoms with E-state index in [4.69, 9.17) is 16.3 Å². The number of halogens is 1. The molecule has 0 bridgehead atoms. The Labute approximate surface area is 134 Å². The summed E-state index contributed by atoms with van der Waals surface area (Å²) < 4.78 is 5.06. The van der Waals surface area contributed by atoms with E-state index in [1.54, 1.807) is 0 Å². The molecule has 0 atom stereocenters. The van der Waals surface area contributed by atoms with Crippen LogP contribution in [0.25, 0.3) is 0 Å². The first kappa shape index (κ1) is 16.4. The Bertz CT molecular complexity index is 821. The lowest BCUT2D eigenvalue weighted by molar-refractivity contribution is -0.385. The minimum Gasteiger partial charge on any atom is -0.421 e. The van der Waals surface area contributed by atoms with Gasteiger partial charge in [0.2, 0.25) is 0 Å². The Morgan fingerprint density at radius 2 is 1.78 bits per heavy atom. The molecule has 0 aliphatic rings. The van der Waals surface area contributed by atoms with Crippen molar-refractivity contribution in [2.24, 2.45) is 0 Å². The van der Waals surface area contributed by atoms with E-state index in [0.717, 1.165) is 12.1 Å². The van der Waals surface area contributed by atoms with E-state index in [-0.39, 0.29) is 27.7 Å². The van der Waals surface area contributed by atoms with Gasteiger partial charge in [-0.05, 0) is 25.1 Å². The summed E-state index contributed by atoms with van der Waals surface area (Å²) in [4.78, 5) is 32.2. The van der Waals surface area contributed by atoms with Crippen LogP contribution < -0.4 is 4.74 Å². The zero-order valence-electron chi connectivity index (χ0n) is 11.7. The molecule has 8 nitrogen and oxygen atoms in total. The second kappa shape index (κ2) is 6.41. The molecular weight excluding hydrogens is 328 g/mol. The van der Waals surface area contributed by atoms with Crippen molar-refractivity contribution in [3.05, 3.63) is 72.8 Å². The number of aryl methyl sites for hydroxylation is 1. The van der Waals surface area contributed by atoms with E-state index < -0.39 is 15.8 Å². The van der Waals surface area contributed by atoms with Gasteiger partial charge in [0.25, 0.3) is 11.4 Å². The van der Waals surface area contributed by atoms with E-state index in [1.807, 2.05) is 0 Å². The summed E-state index contributed by atoms with van der Waals surface area (Å²) in [5.41, 5.74) is 0.0534. The van der Waals surface area contributed by atoms with Gasteiger partial charge in [-0.2, -0.15) is 0 Å². The third kappa shape index (κ3) is 3.61. The third-order valence-electron chi connectivity index (χ3n) is 2.96. The van der Waals surface area contributed by atoms with Crippen molar-refractivity contribution in [2.75, 3.05) is 0 Å². The normalized spacial score (nSPS) is 10.2. The first-order valence-corrected chi connectivity index (χ1v) is 6.58. The summed E-state index contributed by atoms with van der Waals surface area (Å²) in [6, 6.07) is 7.19. The van der Waals surface area contributed by atoms with Crippen LogP contribution >= 0.6 is 11.6 Å². The third-order valence-corrected chi connectivity index (χ3v) is 3.25. The molecule has 0 aliphatic heterocycles. The van der Waals surface area contributed by atoms with Gasteiger partial charge in [0, 0.05) is 23.8 Å². The zero-order chi connectivity index (χ0) is 17.1. The fraction of sp³-hybridized carbons (Fsp3) is 0.0714. The molecule has 0 radical (unpaired) electrons. The van der Waals surface area contributed by atoms with Crippen molar-refractivity contribution in [3.8, 4) is 5.75 Å². The van der Waals surface area contributed by atoms with Crippen molar-refractivity contribution in [1.82, 2.24) is 0 Å².